The normalized spacial score (nSPS) is 10.5. The Kier molecular flexibility index (Phi) is 5.46. The highest BCUT2D eigenvalue weighted by Crippen LogP contribution is 2.27. The number of rotatable bonds is 6. The molecule has 4 nitrogen and oxygen atoms in total. The van der Waals surface area contributed by atoms with Crippen LogP contribution in [0.15, 0.2) is 53.9 Å². The maximum absolute atomic E-state index is 11.6. The van der Waals surface area contributed by atoms with E-state index < -0.39 is 0 Å². The number of nitrogens with one attached hydrogen (secondary N) is 1. The largest absolute Gasteiger partial charge is 0.465 e. The van der Waals surface area contributed by atoms with E-state index in [1.54, 1.807) is 12.1 Å². The van der Waals surface area contributed by atoms with Crippen LogP contribution in [0.2, 0.25) is 0 Å². The van der Waals surface area contributed by atoms with Gasteiger partial charge in [0, 0.05) is 16.6 Å². The maximum atomic E-state index is 11.6. The van der Waals surface area contributed by atoms with Crippen molar-refractivity contribution in [1.29, 1.82) is 0 Å². The van der Waals surface area contributed by atoms with Crippen molar-refractivity contribution >= 4 is 28.1 Å². The lowest BCUT2D eigenvalue weighted by atomic mass is 10.1. The second kappa shape index (κ2) is 7.94. The van der Waals surface area contributed by atoms with Crippen LogP contribution in [0.25, 0.3) is 11.3 Å². The molecule has 1 N–H and O–H groups in total. The van der Waals surface area contributed by atoms with Crippen LogP contribution >= 0.6 is 11.3 Å². The third-order valence-electron chi connectivity index (χ3n) is 3.83. The third kappa shape index (κ3) is 4.25. The number of esters is 1. The zero-order chi connectivity index (χ0) is 17.6. The van der Waals surface area contributed by atoms with Gasteiger partial charge in [-0.2, -0.15) is 0 Å². The first kappa shape index (κ1) is 17.2. The number of carbonyl (C=O) groups is 1. The molecule has 0 atom stereocenters. The number of aryl methyl sites for hydroxylation is 1. The van der Waals surface area contributed by atoms with Gasteiger partial charge in [0.2, 0.25) is 0 Å². The molecule has 0 amide bonds. The van der Waals surface area contributed by atoms with Crippen molar-refractivity contribution in [2.24, 2.45) is 0 Å². The fourth-order valence-electron chi connectivity index (χ4n) is 2.56. The van der Waals surface area contributed by atoms with Crippen molar-refractivity contribution in [3.05, 3.63) is 65.0 Å². The van der Waals surface area contributed by atoms with E-state index in [1.165, 1.54) is 24.0 Å². The summed E-state index contributed by atoms with van der Waals surface area (Å²) in [6.45, 7) is 2.18. The zero-order valence-electron chi connectivity index (χ0n) is 14.3. The topological polar surface area (TPSA) is 51.2 Å². The number of hydrogen-bond donors (Lipinski definition) is 1. The van der Waals surface area contributed by atoms with Crippen LogP contribution in [0.4, 0.5) is 10.8 Å². The molecule has 0 aliphatic rings. The summed E-state index contributed by atoms with van der Waals surface area (Å²) in [5.74, 6) is -0.351. The first-order chi connectivity index (χ1) is 12.2. The van der Waals surface area contributed by atoms with Crippen molar-refractivity contribution in [1.82, 2.24) is 4.98 Å². The van der Waals surface area contributed by atoms with Crippen LogP contribution in [0.3, 0.4) is 0 Å². The van der Waals surface area contributed by atoms with E-state index in [0.717, 1.165) is 34.9 Å². The lowest BCUT2D eigenvalue weighted by molar-refractivity contribution is 0.0601. The van der Waals surface area contributed by atoms with Gasteiger partial charge >= 0.3 is 5.97 Å². The van der Waals surface area contributed by atoms with Crippen molar-refractivity contribution in [2.75, 3.05) is 12.4 Å². The van der Waals surface area contributed by atoms with E-state index in [1.807, 2.05) is 17.5 Å². The van der Waals surface area contributed by atoms with E-state index >= 15 is 0 Å². The molecule has 0 radical (unpaired) electrons. The van der Waals surface area contributed by atoms with Gasteiger partial charge in [-0.3, -0.25) is 0 Å². The second-order valence-corrected chi connectivity index (χ2v) is 6.54. The molecule has 2 aromatic carbocycles. The first-order valence-corrected chi connectivity index (χ1v) is 9.08. The van der Waals surface area contributed by atoms with Crippen LogP contribution in [0.1, 0.15) is 29.3 Å². The Hall–Kier alpha value is -2.66. The number of carbonyl (C=O) groups excluding carboxylic acids is 1. The van der Waals surface area contributed by atoms with Crippen molar-refractivity contribution in [2.45, 2.75) is 19.8 Å². The van der Waals surface area contributed by atoms with Gasteiger partial charge in [0.15, 0.2) is 5.13 Å². The summed E-state index contributed by atoms with van der Waals surface area (Å²) in [5, 5.41) is 6.06. The van der Waals surface area contributed by atoms with E-state index in [0.29, 0.717) is 5.56 Å². The van der Waals surface area contributed by atoms with Crippen LogP contribution < -0.4 is 5.32 Å². The fraction of sp³-hybridized carbons (Fsp3) is 0.200. The van der Waals surface area contributed by atoms with Crippen LogP contribution in [0, 0.1) is 0 Å². The van der Waals surface area contributed by atoms with E-state index in [2.05, 4.69) is 41.5 Å². The lowest BCUT2D eigenvalue weighted by Crippen LogP contribution is -2.01. The van der Waals surface area contributed by atoms with Gasteiger partial charge in [-0.25, -0.2) is 9.78 Å². The number of ether oxygens (including phenoxy) is 1. The summed E-state index contributed by atoms with van der Waals surface area (Å²) in [4.78, 5) is 16.3. The highest BCUT2D eigenvalue weighted by molar-refractivity contribution is 7.14. The summed E-state index contributed by atoms with van der Waals surface area (Å²) < 4.78 is 4.75. The monoisotopic (exact) mass is 352 g/mol. The summed E-state index contributed by atoms with van der Waals surface area (Å²) in [6.07, 6.45) is 2.25. The Bertz CT molecular complexity index is 856. The number of hydrogen-bond acceptors (Lipinski definition) is 5. The number of thiazole rings is 1. The molecule has 128 valence electrons. The Morgan fingerprint density at radius 2 is 2.00 bits per heavy atom. The summed E-state index contributed by atoms with van der Waals surface area (Å²) in [6, 6.07) is 15.7. The van der Waals surface area contributed by atoms with E-state index in [-0.39, 0.29) is 5.97 Å². The predicted octanol–water partition coefficient (Wildman–Crippen LogP) is 5.29. The number of benzene rings is 2. The molecule has 0 aliphatic carbocycles. The van der Waals surface area contributed by atoms with Gasteiger partial charge in [-0.1, -0.05) is 43.7 Å². The molecule has 25 heavy (non-hydrogen) atoms. The van der Waals surface area contributed by atoms with E-state index in [9.17, 15) is 4.79 Å². The molecule has 3 rings (SSSR count). The van der Waals surface area contributed by atoms with Crippen LogP contribution in [0.5, 0.6) is 0 Å². The van der Waals surface area contributed by atoms with E-state index in [4.69, 9.17) is 4.74 Å². The standard InChI is InChI=1S/C20H20N2O2S/c1-3-5-14-8-10-15(11-9-14)18-13-25-20(22-18)21-17-7-4-6-16(12-17)19(23)24-2/h4,6-13H,3,5H2,1-2H3,(H,21,22). The van der Waals surface area contributed by atoms with Crippen molar-refractivity contribution in [3.8, 4) is 11.3 Å². The second-order valence-electron chi connectivity index (χ2n) is 5.68. The lowest BCUT2D eigenvalue weighted by Gasteiger charge is -2.05. The SMILES string of the molecule is CCCc1ccc(-c2csc(Nc3cccc(C(=O)OC)c3)n2)cc1. The Morgan fingerprint density at radius 3 is 2.72 bits per heavy atom. The Labute approximate surface area is 151 Å². The third-order valence-corrected chi connectivity index (χ3v) is 4.59. The molecule has 0 aliphatic heterocycles. The average molecular weight is 352 g/mol. The van der Waals surface area contributed by atoms with Crippen molar-refractivity contribution in [3.63, 3.8) is 0 Å². The zero-order valence-corrected chi connectivity index (χ0v) is 15.1. The minimum atomic E-state index is -0.351. The summed E-state index contributed by atoms with van der Waals surface area (Å²) in [7, 11) is 1.38. The van der Waals surface area contributed by atoms with Gasteiger partial charge in [0.1, 0.15) is 0 Å². The quantitative estimate of drug-likeness (QED) is 0.612. The molecule has 0 spiro atoms. The average Bonchev–Trinajstić information content (AvgIpc) is 3.10. The van der Waals surface area contributed by atoms with Gasteiger partial charge < -0.3 is 10.1 Å². The van der Waals surface area contributed by atoms with Crippen LogP contribution in [-0.4, -0.2) is 18.1 Å². The highest BCUT2D eigenvalue weighted by atomic mass is 32.1. The van der Waals surface area contributed by atoms with Crippen molar-refractivity contribution < 1.29 is 9.53 Å². The number of aromatic nitrogens is 1. The highest BCUT2D eigenvalue weighted by Gasteiger charge is 2.08. The number of anilines is 2. The minimum absolute atomic E-state index is 0.351. The summed E-state index contributed by atoms with van der Waals surface area (Å²) in [5.41, 5.74) is 4.71. The molecule has 0 fully saturated rings. The molecular formula is C20H20N2O2S. The first-order valence-electron chi connectivity index (χ1n) is 8.20. The maximum Gasteiger partial charge on any atom is 0.337 e. The predicted molar refractivity (Wildman–Crippen MR) is 103 cm³/mol. The molecule has 1 aromatic heterocycles. The van der Waals surface area contributed by atoms with Gasteiger partial charge in [-0.15, -0.1) is 11.3 Å². The molecule has 0 saturated carbocycles. The molecule has 0 saturated heterocycles. The summed E-state index contributed by atoms with van der Waals surface area (Å²) >= 11 is 1.54. The smallest absolute Gasteiger partial charge is 0.337 e. The molecule has 3 aromatic rings. The number of methoxy groups -OCH3 is 1. The van der Waals surface area contributed by atoms with Crippen LogP contribution in [-0.2, 0) is 11.2 Å². The fourth-order valence-corrected chi connectivity index (χ4v) is 3.30. The number of nitrogens with zero attached hydrogens (tertiary/aromatic N) is 1. The van der Waals surface area contributed by atoms with Gasteiger partial charge in [0.25, 0.3) is 0 Å². The molecule has 5 heteroatoms. The Morgan fingerprint density at radius 1 is 1.20 bits per heavy atom. The Balaban J connectivity index is 1.74. The molecule has 1 heterocycles. The van der Waals surface area contributed by atoms with Gasteiger partial charge in [0.05, 0.1) is 18.4 Å². The molecular weight excluding hydrogens is 332 g/mol. The van der Waals surface area contributed by atoms with Gasteiger partial charge in [-0.05, 0) is 30.2 Å². The minimum Gasteiger partial charge on any atom is -0.465 e. The molecule has 0 bridgehead atoms. The molecule has 0 unspecified atom stereocenters.